The van der Waals surface area contributed by atoms with E-state index >= 15 is 0 Å². The first kappa shape index (κ1) is 19.4. The van der Waals surface area contributed by atoms with E-state index in [9.17, 15) is 9.59 Å². The Morgan fingerprint density at radius 2 is 2.30 bits per heavy atom. The normalized spacial score (nSPS) is 16.5. The zero-order chi connectivity index (χ0) is 19.2. The number of nitrogens with zero attached hydrogens (tertiary/aromatic N) is 4. The molecule has 1 atom stereocenters. The fraction of sp³-hybridized carbons (Fsp3) is 0.562. The van der Waals surface area contributed by atoms with Gasteiger partial charge in [-0.05, 0) is 12.7 Å². The summed E-state index contributed by atoms with van der Waals surface area (Å²) in [6, 6.07) is -0.436. The molecule has 2 aromatic rings. The number of hydrogen-bond donors (Lipinski definition) is 3. The molecule has 2 aromatic heterocycles. The van der Waals surface area contributed by atoms with Crippen molar-refractivity contribution in [2.45, 2.75) is 30.6 Å². The number of amides is 2. The first-order valence-corrected chi connectivity index (χ1v) is 9.92. The van der Waals surface area contributed by atoms with Crippen LogP contribution >= 0.6 is 11.8 Å². The fourth-order valence-corrected chi connectivity index (χ4v) is 3.18. The maximum Gasteiger partial charge on any atom is 0.242 e. The molecule has 0 saturated carbocycles. The lowest BCUT2D eigenvalue weighted by Gasteiger charge is -2.11. The molecular formula is C16H23N7O3S. The van der Waals surface area contributed by atoms with Gasteiger partial charge in [0.1, 0.15) is 11.9 Å². The number of nitrogens with one attached hydrogen (secondary N) is 3. The van der Waals surface area contributed by atoms with Crippen molar-refractivity contribution in [3.63, 3.8) is 0 Å². The number of rotatable bonds is 9. The Balaban J connectivity index is 1.66. The second-order valence-corrected chi connectivity index (χ2v) is 6.81. The summed E-state index contributed by atoms with van der Waals surface area (Å²) in [6.45, 7) is 2.06. The zero-order valence-electron chi connectivity index (χ0n) is 15.3. The average molecular weight is 393 g/mol. The topological polar surface area (TPSA) is 123 Å². The summed E-state index contributed by atoms with van der Waals surface area (Å²) in [4.78, 5) is 32.3. The van der Waals surface area contributed by atoms with Gasteiger partial charge in [-0.2, -0.15) is 5.10 Å². The van der Waals surface area contributed by atoms with E-state index in [4.69, 9.17) is 4.74 Å². The Labute approximate surface area is 160 Å². The molecule has 1 fully saturated rings. The summed E-state index contributed by atoms with van der Waals surface area (Å²) >= 11 is 1.45. The van der Waals surface area contributed by atoms with Crippen LogP contribution in [0.4, 0.5) is 5.82 Å². The van der Waals surface area contributed by atoms with Crippen molar-refractivity contribution in [2.24, 2.45) is 0 Å². The van der Waals surface area contributed by atoms with E-state index in [-0.39, 0.29) is 11.8 Å². The Morgan fingerprint density at radius 1 is 1.44 bits per heavy atom. The molecule has 3 heterocycles. The number of carbonyl (C=O) groups is 2. The molecule has 10 nitrogen and oxygen atoms in total. The number of fused-ring (bicyclic) bond motifs is 1. The van der Waals surface area contributed by atoms with E-state index in [0.717, 1.165) is 5.39 Å². The number of hydrogen-bond acceptors (Lipinski definition) is 8. The molecule has 11 heteroatoms. The third-order valence-electron chi connectivity index (χ3n) is 4.19. The van der Waals surface area contributed by atoms with Crippen molar-refractivity contribution in [2.75, 3.05) is 38.4 Å². The van der Waals surface area contributed by atoms with E-state index in [2.05, 4.69) is 31.0 Å². The van der Waals surface area contributed by atoms with Crippen LogP contribution in [0.5, 0.6) is 0 Å². The van der Waals surface area contributed by atoms with E-state index in [0.29, 0.717) is 55.7 Å². The van der Waals surface area contributed by atoms with Crippen molar-refractivity contribution < 1.29 is 14.3 Å². The van der Waals surface area contributed by atoms with Crippen LogP contribution in [0, 0.1) is 0 Å². The molecule has 0 aliphatic carbocycles. The first-order chi connectivity index (χ1) is 13.1. The predicted octanol–water partition coefficient (Wildman–Crippen LogP) is 0.00130. The highest BCUT2D eigenvalue weighted by Crippen LogP contribution is 2.23. The zero-order valence-corrected chi connectivity index (χ0v) is 16.1. The summed E-state index contributed by atoms with van der Waals surface area (Å²) in [5.41, 5.74) is 0.706. The van der Waals surface area contributed by atoms with Crippen molar-refractivity contribution >= 4 is 40.4 Å². The van der Waals surface area contributed by atoms with Crippen molar-refractivity contribution in [3.8, 4) is 0 Å². The van der Waals surface area contributed by atoms with Gasteiger partial charge in [0.25, 0.3) is 0 Å². The van der Waals surface area contributed by atoms with Crippen LogP contribution in [0.2, 0.25) is 0 Å². The van der Waals surface area contributed by atoms with Crippen molar-refractivity contribution in [3.05, 3.63) is 6.20 Å². The minimum Gasteiger partial charge on any atom is -0.383 e. The molecule has 0 aromatic carbocycles. The fourth-order valence-electron chi connectivity index (χ4n) is 2.82. The minimum absolute atomic E-state index is 0.0805. The molecule has 0 spiro atoms. The predicted molar refractivity (Wildman–Crippen MR) is 102 cm³/mol. The molecule has 1 aliphatic rings. The molecule has 146 valence electrons. The lowest BCUT2D eigenvalue weighted by atomic mass is 10.2. The number of carbonyl (C=O) groups excluding carboxylic acids is 2. The summed E-state index contributed by atoms with van der Waals surface area (Å²) in [5.74, 6) is 0.465. The number of anilines is 1. The van der Waals surface area contributed by atoms with Crippen LogP contribution in [0.25, 0.3) is 11.0 Å². The summed E-state index contributed by atoms with van der Waals surface area (Å²) in [6.07, 6.45) is 4.57. The summed E-state index contributed by atoms with van der Waals surface area (Å²) in [5, 5.41) is 14.6. The van der Waals surface area contributed by atoms with Gasteiger partial charge in [-0.1, -0.05) is 11.8 Å². The second-order valence-electron chi connectivity index (χ2n) is 6.03. The van der Waals surface area contributed by atoms with Gasteiger partial charge in [-0.25, -0.2) is 14.6 Å². The molecular weight excluding hydrogens is 370 g/mol. The Hall–Kier alpha value is -2.40. The lowest BCUT2D eigenvalue weighted by Crippen LogP contribution is -2.42. The maximum absolute atomic E-state index is 12.1. The van der Waals surface area contributed by atoms with Crippen LogP contribution in [-0.4, -0.2) is 70.7 Å². The standard InChI is InChI=1S/C16H23N7O3S/c1-26-8-6-17-13-10-9-19-23(14(10)22-16(21-13)27-2)7-5-18-15(25)11-3-4-12(24)20-11/h9,11H,3-8H2,1-2H3,(H,18,25)(H,20,24)(H,17,21,22). The third-order valence-corrected chi connectivity index (χ3v) is 4.74. The smallest absolute Gasteiger partial charge is 0.242 e. The quantitative estimate of drug-likeness (QED) is 0.309. The van der Waals surface area contributed by atoms with Crippen LogP contribution in [0.3, 0.4) is 0 Å². The molecule has 0 radical (unpaired) electrons. The molecule has 1 aliphatic heterocycles. The summed E-state index contributed by atoms with van der Waals surface area (Å²) in [7, 11) is 1.65. The Bertz CT molecular complexity index is 826. The first-order valence-electron chi connectivity index (χ1n) is 8.69. The van der Waals surface area contributed by atoms with Gasteiger partial charge in [0, 0.05) is 26.6 Å². The maximum atomic E-state index is 12.1. The van der Waals surface area contributed by atoms with Crippen LogP contribution in [0.15, 0.2) is 11.4 Å². The minimum atomic E-state index is -0.436. The van der Waals surface area contributed by atoms with Crippen molar-refractivity contribution in [1.82, 2.24) is 30.4 Å². The highest BCUT2D eigenvalue weighted by molar-refractivity contribution is 7.98. The van der Waals surface area contributed by atoms with Gasteiger partial charge in [-0.3, -0.25) is 9.59 Å². The highest BCUT2D eigenvalue weighted by atomic mass is 32.2. The molecule has 3 rings (SSSR count). The average Bonchev–Trinajstić information content (AvgIpc) is 3.28. The molecule has 1 unspecified atom stereocenters. The number of aromatic nitrogens is 4. The highest BCUT2D eigenvalue weighted by Gasteiger charge is 2.26. The van der Waals surface area contributed by atoms with Gasteiger partial charge < -0.3 is 20.7 Å². The van der Waals surface area contributed by atoms with E-state index in [1.165, 1.54) is 11.8 Å². The van der Waals surface area contributed by atoms with Gasteiger partial charge in [0.15, 0.2) is 10.8 Å². The molecule has 1 saturated heterocycles. The van der Waals surface area contributed by atoms with E-state index in [1.807, 2.05) is 6.26 Å². The van der Waals surface area contributed by atoms with Gasteiger partial charge in [-0.15, -0.1) is 0 Å². The van der Waals surface area contributed by atoms with Crippen LogP contribution in [-0.2, 0) is 20.9 Å². The monoisotopic (exact) mass is 393 g/mol. The van der Waals surface area contributed by atoms with Crippen LogP contribution in [0.1, 0.15) is 12.8 Å². The number of methoxy groups -OCH3 is 1. The second kappa shape index (κ2) is 9.00. The molecule has 2 amide bonds. The molecule has 3 N–H and O–H groups in total. The van der Waals surface area contributed by atoms with Gasteiger partial charge >= 0.3 is 0 Å². The molecule has 0 bridgehead atoms. The molecule has 27 heavy (non-hydrogen) atoms. The number of ether oxygens (including phenoxy) is 1. The largest absolute Gasteiger partial charge is 0.383 e. The summed E-state index contributed by atoms with van der Waals surface area (Å²) < 4.78 is 6.81. The van der Waals surface area contributed by atoms with Gasteiger partial charge in [0.2, 0.25) is 11.8 Å². The SMILES string of the molecule is COCCNc1nc(SC)nc2c1cnn2CCNC(=O)C1CCC(=O)N1. The van der Waals surface area contributed by atoms with E-state index < -0.39 is 6.04 Å². The lowest BCUT2D eigenvalue weighted by molar-refractivity contribution is -0.125. The van der Waals surface area contributed by atoms with Crippen molar-refractivity contribution in [1.29, 1.82) is 0 Å². The Kier molecular flexibility index (Phi) is 6.45. The van der Waals surface area contributed by atoms with E-state index in [1.54, 1.807) is 18.0 Å². The van der Waals surface area contributed by atoms with Gasteiger partial charge in [0.05, 0.1) is 24.7 Å². The van der Waals surface area contributed by atoms with Crippen LogP contribution < -0.4 is 16.0 Å². The Morgan fingerprint density at radius 3 is 3.00 bits per heavy atom. The third kappa shape index (κ3) is 4.66. The number of thioether (sulfide) groups is 1.